The molecule has 0 bridgehead atoms. The number of carboxylic acid groups (broad SMARTS) is 1. The smallest absolute Gasteiger partial charge is 0.329 e. The number of carboxylic acids is 1. The van der Waals surface area contributed by atoms with Gasteiger partial charge in [0.15, 0.2) is 0 Å². The summed E-state index contributed by atoms with van der Waals surface area (Å²) in [7, 11) is 0. The highest BCUT2D eigenvalue weighted by Gasteiger charge is 2.43. The summed E-state index contributed by atoms with van der Waals surface area (Å²) in [5.41, 5.74) is -1.07. The molecule has 0 aliphatic heterocycles. The third-order valence-electron chi connectivity index (χ3n) is 4.45. The van der Waals surface area contributed by atoms with Gasteiger partial charge < -0.3 is 15.7 Å². The van der Waals surface area contributed by atoms with Gasteiger partial charge in [-0.1, -0.05) is 32.6 Å². The SMILES string of the molecule is CC1CCCC(NC(=O)NC2CCCC2)(C(=O)O)C1. The molecule has 2 saturated carbocycles. The van der Waals surface area contributed by atoms with E-state index in [0.717, 1.165) is 38.5 Å². The minimum atomic E-state index is -1.07. The maximum atomic E-state index is 12.0. The van der Waals surface area contributed by atoms with Gasteiger partial charge in [0.25, 0.3) is 0 Å². The first-order valence-corrected chi connectivity index (χ1v) is 7.34. The summed E-state index contributed by atoms with van der Waals surface area (Å²) < 4.78 is 0. The van der Waals surface area contributed by atoms with Crippen molar-refractivity contribution in [2.24, 2.45) is 5.92 Å². The van der Waals surface area contributed by atoms with Crippen molar-refractivity contribution in [1.82, 2.24) is 10.6 Å². The Kier molecular flexibility index (Phi) is 4.32. The molecule has 0 aromatic carbocycles. The fourth-order valence-electron chi connectivity index (χ4n) is 3.42. The number of carbonyl (C=O) groups excluding carboxylic acids is 1. The molecule has 2 aliphatic carbocycles. The van der Waals surface area contributed by atoms with E-state index < -0.39 is 11.5 Å². The van der Waals surface area contributed by atoms with E-state index >= 15 is 0 Å². The van der Waals surface area contributed by atoms with E-state index in [1.54, 1.807) is 0 Å². The van der Waals surface area contributed by atoms with Gasteiger partial charge in [0.2, 0.25) is 0 Å². The summed E-state index contributed by atoms with van der Waals surface area (Å²) in [6, 6.07) is -0.102. The lowest BCUT2D eigenvalue weighted by Gasteiger charge is -2.37. The van der Waals surface area contributed by atoms with Crippen molar-refractivity contribution in [3.63, 3.8) is 0 Å². The Morgan fingerprint density at radius 2 is 1.84 bits per heavy atom. The Hall–Kier alpha value is -1.26. The molecule has 2 rings (SSSR count). The van der Waals surface area contributed by atoms with Crippen molar-refractivity contribution in [2.75, 3.05) is 0 Å². The molecule has 0 spiro atoms. The van der Waals surface area contributed by atoms with Gasteiger partial charge in [0.1, 0.15) is 5.54 Å². The number of aliphatic carboxylic acids is 1. The zero-order valence-corrected chi connectivity index (χ0v) is 11.6. The second-order valence-corrected chi connectivity index (χ2v) is 6.17. The molecule has 19 heavy (non-hydrogen) atoms. The van der Waals surface area contributed by atoms with E-state index in [1.807, 2.05) is 6.92 Å². The van der Waals surface area contributed by atoms with E-state index in [-0.39, 0.29) is 12.1 Å². The largest absolute Gasteiger partial charge is 0.480 e. The molecule has 3 N–H and O–H groups in total. The average Bonchev–Trinajstić information content (AvgIpc) is 2.81. The van der Waals surface area contributed by atoms with Gasteiger partial charge in [-0.15, -0.1) is 0 Å². The molecular weight excluding hydrogens is 244 g/mol. The summed E-state index contributed by atoms with van der Waals surface area (Å²) in [5, 5.41) is 15.1. The average molecular weight is 268 g/mol. The van der Waals surface area contributed by atoms with Crippen molar-refractivity contribution < 1.29 is 14.7 Å². The third kappa shape index (κ3) is 3.39. The third-order valence-corrected chi connectivity index (χ3v) is 4.45. The van der Waals surface area contributed by atoms with Crippen LogP contribution >= 0.6 is 0 Å². The molecule has 0 saturated heterocycles. The molecule has 2 atom stereocenters. The van der Waals surface area contributed by atoms with Crippen LogP contribution in [-0.2, 0) is 4.79 Å². The van der Waals surface area contributed by atoms with Crippen LogP contribution in [-0.4, -0.2) is 28.7 Å². The lowest BCUT2D eigenvalue weighted by atomic mass is 9.76. The van der Waals surface area contributed by atoms with Crippen LogP contribution in [0.3, 0.4) is 0 Å². The Bertz CT molecular complexity index is 353. The summed E-state index contributed by atoms with van der Waals surface area (Å²) in [4.78, 5) is 23.6. The Morgan fingerprint density at radius 3 is 2.42 bits per heavy atom. The minimum Gasteiger partial charge on any atom is -0.480 e. The predicted molar refractivity (Wildman–Crippen MR) is 71.9 cm³/mol. The van der Waals surface area contributed by atoms with Crippen LogP contribution in [0.5, 0.6) is 0 Å². The van der Waals surface area contributed by atoms with Crippen molar-refractivity contribution in [2.45, 2.75) is 69.9 Å². The number of hydrogen-bond acceptors (Lipinski definition) is 2. The van der Waals surface area contributed by atoms with Crippen LogP contribution < -0.4 is 10.6 Å². The summed E-state index contributed by atoms with van der Waals surface area (Å²) in [6.07, 6.45) is 7.26. The van der Waals surface area contributed by atoms with Gasteiger partial charge in [0, 0.05) is 6.04 Å². The zero-order valence-electron chi connectivity index (χ0n) is 11.6. The summed E-state index contributed by atoms with van der Waals surface area (Å²) in [6.45, 7) is 2.05. The predicted octanol–water partition coefficient (Wildman–Crippen LogP) is 2.26. The van der Waals surface area contributed by atoms with Crippen LogP contribution in [0.4, 0.5) is 4.79 Å². The topological polar surface area (TPSA) is 78.4 Å². The van der Waals surface area contributed by atoms with Gasteiger partial charge in [-0.05, 0) is 31.6 Å². The molecule has 2 unspecified atom stereocenters. The highest BCUT2D eigenvalue weighted by molar-refractivity contribution is 5.86. The Morgan fingerprint density at radius 1 is 1.16 bits per heavy atom. The van der Waals surface area contributed by atoms with Crippen LogP contribution in [0.1, 0.15) is 58.3 Å². The first-order valence-electron chi connectivity index (χ1n) is 7.34. The van der Waals surface area contributed by atoms with Gasteiger partial charge in [-0.3, -0.25) is 0 Å². The number of nitrogens with one attached hydrogen (secondary N) is 2. The number of carbonyl (C=O) groups is 2. The molecule has 5 heteroatoms. The number of urea groups is 1. The van der Waals surface area contributed by atoms with Crippen LogP contribution in [0.25, 0.3) is 0 Å². The molecule has 5 nitrogen and oxygen atoms in total. The fourth-order valence-corrected chi connectivity index (χ4v) is 3.42. The number of hydrogen-bond donors (Lipinski definition) is 3. The Balaban J connectivity index is 1.95. The molecule has 2 amide bonds. The lowest BCUT2D eigenvalue weighted by molar-refractivity contribution is -0.146. The number of amides is 2. The number of rotatable bonds is 3. The van der Waals surface area contributed by atoms with Gasteiger partial charge in [-0.25, -0.2) is 9.59 Å². The minimum absolute atomic E-state index is 0.215. The highest BCUT2D eigenvalue weighted by Crippen LogP contribution is 2.32. The zero-order chi connectivity index (χ0) is 13.9. The van der Waals surface area contributed by atoms with Crippen LogP contribution in [0, 0.1) is 5.92 Å². The van der Waals surface area contributed by atoms with E-state index in [1.165, 1.54) is 0 Å². The van der Waals surface area contributed by atoms with E-state index in [9.17, 15) is 14.7 Å². The quantitative estimate of drug-likeness (QED) is 0.734. The first kappa shape index (κ1) is 14.2. The lowest BCUT2D eigenvalue weighted by Crippen LogP contribution is -2.59. The maximum Gasteiger partial charge on any atom is 0.329 e. The van der Waals surface area contributed by atoms with Crippen molar-refractivity contribution in [1.29, 1.82) is 0 Å². The molecule has 2 fully saturated rings. The van der Waals surface area contributed by atoms with Crippen LogP contribution in [0.15, 0.2) is 0 Å². The fraction of sp³-hybridized carbons (Fsp3) is 0.857. The van der Waals surface area contributed by atoms with E-state index in [2.05, 4.69) is 10.6 Å². The van der Waals surface area contributed by atoms with Crippen molar-refractivity contribution in [3.05, 3.63) is 0 Å². The molecule has 0 radical (unpaired) electrons. The van der Waals surface area contributed by atoms with Crippen LogP contribution in [0.2, 0.25) is 0 Å². The second-order valence-electron chi connectivity index (χ2n) is 6.17. The van der Waals surface area contributed by atoms with Crippen molar-refractivity contribution in [3.8, 4) is 0 Å². The molecule has 0 aromatic rings. The molecular formula is C14H24N2O3. The first-order chi connectivity index (χ1) is 9.02. The normalized spacial score (nSPS) is 31.9. The van der Waals surface area contributed by atoms with Gasteiger partial charge >= 0.3 is 12.0 Å². The van der Waals surface area contributed by atoms with Crippen molar-refractivity contribution >= 4 is 12.0 Å². The molecule has 2 aliphatic rings. The van der Waals surface area contributed by atoms with Gasteiger partial charge in [0.05, 0.1) is 0 Å². The highest BCUT2D eigenvalue weighted by atomic mass is 16.4. The molecule has 108 valence electrons. The summed E-state index contributed by atoms with van der Waals surface area (Å²) in [5.74, 6) is -0.558. The summed E-state index contributed by atoms with van der Waals surface area (Å²) >= 11 is 0. The standard InChI is InChI=1S/C14H24N2O3/c1-10-5-4-8-14(9-10,12(17)18)16-13(19)15-11-6-2-3-7-11/h10-11H,2-9H2,1H3,(H,17,18)(H2,15,16,19). The monoisotopic (exact) mass is 268 g/mol. The molecule has 0 heterocycles. The molecule has 0 aromatic heterocycles. The Labute approximate surface area is 114 Å². The van der Waals surface area contributed by atoms with E-state index in [4.69, 9.17) is 0 Å². The maximum absolute atomic E-state index is 12.0. The van der Waals surface area contributed by atoms with E-state index in [0.29, 0.717) is 18.8 Å². The van der Waals surface area contributed by atoms with Gasteiger partial charge in [-0.2, -0.15) is 0 Å². The second kappa shape index (κ2) is 5.80.